The summed E-state index contributed by atoms with van der Waals surface area (Å²) in [6.45, 7) is 0. The molecule has 7 aromatic rings. The van der Waals surface area contributed by atoms with Crippen LogP contribution < -0.4 is 9.80 Å². The molecule has 190 valence electrons. The number of fused-ring (bicyclic) bond motifs is 2. The molecule has 7 rings (SSSR count). The summed E-state index contributed by atoms with van der Waals surface area (Å²) in [7, 11) is 0. The van der Waals surface area contributed by atoms with Crippen LogP contribution in [-0.2, 0) is 0 Å². The van der Waals surface area contributed by atoms with Crippen molar-refractivity contribution in [2.75, 3.05) is 9.80 Å². The first kappa shape index (κ1) is 23.8. The van der Waals surface area contributed by atoms with Gasteiger partial charge in [-0.3, -0.25) is 0 Å². The highest BCUT2D eigenvalue weighted by Gasteiger charge is 2.23. The van der Waals surface area contributed by atoms with Gasteiger partial charge in [0.15, 0.2) is 0 Å². The van der Waals surface area contributed by atoms with Gasteiger partial charge in [-0.2, -0.15) is 0 Å². The van der Waals surface area contributed by atoms with E-state index in [2.05, 4.69) is 180 Å². The molecule has 0 aromatic heterocycles. The molecule has 0 N–H and O–H groups in total. The number of benzene rings is 7. The van der Waals surface area contributed by atoms with Crippen molar-refractivity contribution in [1.82, 2.24) is 0 Å². The predicted octanol–water partition coefficient (Wildman–Crippen LogP) is 10.9. The molecule has 2 nitrogen and oxygen atoms in total. The van der Waals surface area contributed by atoms with Crippen molar-refractivity contribution in [3.05, 3.63) is 170 Å². The van der Waals surface area contributed by atoms with E-state index >= 15 is 0 Å². The molecule has 2 heteroatoms. The van der Waals surface area contributed by atoms with Crippen LogP contribution in [-0.4, -0.2) is 0 Å². The van der Waals surface area contributed by atoms with Gasteiger partial charge < -0.3 is 9.80 Å². The Kier molecular flexibility index (Phi) is 6.20. The van der Waals surface area contributed by atoms with Crippen LogP contribution in [0.2, 0.25) is 0 Å². The maximum atomic E-state index is 2.39. The molecular formula is C38H28N2. The minimum absolute atomic E-state index is 1.10. The summed E-state index contributed by atoms with van der Waals surface area (Å²) >= 11 is 0. The summed E-state index contributed by atoms with van der Waals surface area (Å²) in [4.78, 5) is 4.78. The van der Waals surface area contributed by atoms with E-state index in [0.29, 0.717) is 0 Å². The largest absolute Gasteiger partial charge is 0.308 e. The fraction of sp³-hybridized carbons (Fsp3) is 0. The Labute approximate surface area is 235 Å². The molecular weight excluding hydrogens is 484 g/mol. The van der Waals surface area contributed by atoms with Crippen molar-refractivity contribution in [1.29, 1.82) is 0 Å². The lowest BCUT2D eigenvalue weighted by atomic mass is 10.0. The lowest BCUT2D eigenvalue weighted by Crippen LogP contribution is -2.17. The van der Waals surface area contributed by atoms with Gasteiger partial charge in [0.05, 0.1) is 22.7 Å². The van der Waals surface area contributed by atoms with Crippen LogP contribution >= 0.6 is 0 Å². The second-order valence-electron chi connectivity index (χ2n) is 9.83. The molecule has 0 bridgehead atoms. The van der Waals surface area contributed by atoms with E-state index < -0.39 is 0 Å². The van der Waals surface area contributed by atoms with E-state index in [1.807, 2.05) is 0 Å². The number of anilines is 6. The maximum absolute atomic E-state index is 2.39. The van der Waals surface area contributed by atoms with Crippen LogP contribution in [0.5, 0.6) is 0 Å². The molecule has 0 unspecified atom stereocenters. The minimum atomic E-state index is 1.10. The summed E-state index contributed by atoms with van der Waals surface area (Å²) in [5, 5.41) is 4.85. The maximum Gasteiger partial charge on any atom is 0.0702 e. The zero-order chi connectivity index (χ0) is 26.7. The van der Waals surface area contributed by atoms with Gasteiger partial charge in [0, 0.05) is 22.1 Å². The molecule has 0 heterocycles. The summed E-state index contributed by atoms with van der Waals surface area (Å²) < 4.78 is 0. The van der Waals surface area contributed by atoms with E-state index in [4.69, 9.17) is 0 Å². The predicted molar refractivity (Wildman–Crippen MR) is 171 cm³/mol. The standard InChI is InChI=1S/C38H28N2/c1-3-19-31(20-4-1)39(35-27-13-17-29-15-7-9-23-33(29)35)37-25-11-12-26-38(37)40(32-21-5-2-6-22-32)36-28-14-18-30-16-8-10-24-34(30)36/h1-28H. The van der Waals surface area contributed by atoms with Gasteiger partial charge >= 0.3 is 0 Å². The van der Waals surface area contributed by atoms with E-state index in [9.17, 15) is 0 Å². The summed E-state index contributed by atoms with van der Waals surface area (Å²) in [5.41, 5.74) is 6.70. The molecule has 0 saturated heterocycles. The molecule has 0 amide bonds. The van der Waals surface area contributed by atoms with Crippen molar-refractivity contribution >= 4 is 55.7 Å². The summed E-state index contributed by atoms with van der Waals surface area (Å²) in [6.07, 6.45) is 0. The van der Waals surface area contributed by atoms with Gasteiger partial charge in [0.1, 0.15) is 0 Å². The smallest absolute Gasteiger partial charge is 0.0702 e. The third-order valence-electron chi connectivity index (χ3n) is 7.41. The van der Waals surface area contributed by atoms with E-state index in [-0.39, 0.29) is 0 Å². The van der Waals surface area contributed by atoms with Gasteiger partial charge in [-0.15, -0.1) is 0 Å². The van der Waals surface area contributed by atoms with Crippen molar-refractivity contribution in [2.45, 2.75) is 0 Å². The van der Waals surface area contributed by atoms with Crippen molar-refractivity contribution in [3.63, 3.8) is 0 Å². The minimum Gasteiger partial charge on any atom is -0.308 e. The number of para-hydroxylation sites is 4. The zero-order valence-electron chi connectivity index (χ0n) is 22.1. The van der Waals surface area contributed by atoms with E-state index in [1.54, 1.807) is 0 Å². The Morgan fingerprint density at radius 3 is 1.02 bits per heavy atom. The van der Waals surface area contributed by atoms with E-state index in [0.717, 1.165) is 34.1 Å². The van der Waals surface area contributed by atoms with Crippen LogP contribution in [0.25, 0.3) is 21.5 Å². The molecule has 0 aliphatic heterocycles. The molecule has 0 atom stereocenters. The van der Waals surface area contributed by atoms with Crippen molar-refractivity contribution in [3.8, 4) is 0 Å². The lowest BCUT2D eigenvalue weighted by molar-refractivity contribution is 1.24. The van der Waals surface area contributed by atoms with Crippen molar-refractivity contribution in [2.24, 2.45) is 0 Å². The Hall–Kier alpha value is -5.34. The normalized spacial score (nSPS) is 11.0. The van der Waals surface area contributed by atoms with Gasteiger partial charge in [-0.05, 0) is 59.3 Å². The van der Waals surface area contributed by atoms with Crippen molar-refractivity contribution < 1.29 is 0 Å². The molecule has 0 spiro atoms. The highest BCUT2D eigenvalue weighted by molar-refractivity contribution is 6.04. The Bertz CT molecular complexity index is 1760. The van der Waals surface area contributed by atoms with Crippen LogP contribution in [0.4, 0.5) is 34.1 Å². The first-order valence-electron chi connectivity index (χ1n) is 13.6. The molecule has 7 aromatic carbocycles. The zero-order valence-corrected chi connectivity index (χ0v) is 22.1. The van der Waals surface area contributed by atoms with Crippen LogP contribution in [0, 0.1) is 0 Å². The summed E-state index contributed by atoms with van der Waals surface area (Å²) in [6, 6.07) is 60.3. The van der Waals surface area contributed by atoms with E-state index in [1.165, 1.54) is 21.5 Å². The van der Waals surface area contributed by atoms with Crippen LogP contribution in [0.3, 0.4) is 0 Å². The molecule has 0 aliphatic rings. The van der Waals surface area contributed by atoms with Gasteiger partial charge in [-0.1, -0.05) is 121 Å². The molecule has 40 heavy (non-hydrogen) atoms. The first-order chi connectivity index (χ1) is 19.9. The third kappa shape index (κ3) is 4.26. The average Bonchev–Trinajstić information content (AvgIpc) is 3.03. The number of hydrogen-bond donors (Lipinski definition) is 0. The second kappa shape index (κ2) is 10.4. The Morgan fingerprint density at radius 2 is 0.575 bits per heavy atom. The lowest BCUT2D eigenvalue weighted by Gasteiger charge is -2.34. The Morgan fingerprint density at radius 1 is 0.250 bits per heavy atom. The van der Waals surface area contributed by atoms with Crippen LogP contribution in [0.15, 0.2) is 170 Å². The third-order valence-corrected chi connectivity index (χ3v) is 7.41. The topological polar surface area (TPSA) is 6.48 Å². The van der Waals surface area contributed by atoms with Gasteiger partial charge in [0.2, 0.25) is 0 Å². The highest BCUT2D eigenvalue weighted by Crippen LogP contribution is 2.47. The second-order valence-corrected chi connectivity index (χ2v) is 9.83. The quantitative estimate of drug-likeness (QED) is 0.219. The average molecular weight is 513 g/mol. The fourth-order valence-electron chi connectivity index (χ4n) is 5.62. The SMILES string of the molecule is c1ccc(N(c2ccccc2N(c2ccccc2)c2cccc3ccccc23)c2cccc3ccccc23)cc1. The molecule has 0 fully saturated rings. The molecule has 0 saturated carbocycles. The molecule has 0 aliphatic carbocycles. The first-order valence-corrected chi connectivity index (χ1v) is 13.6. The molecule has 0 radical (unpaired) electrons. The summed E-state index contributed by atoms with van der Waals surface area (Å²) in [5.74, 6) is 0. The number of nitrogens with zero attached hydrogens (tertiary/aromatic N) is 2. The van der Waals surface area contributed by atoms with Crippen LogP contribution in [0.1, 0.15) is 0 Å². The van der Waals surface area contributed by atoms with Gasteiger partial charge in [-0.25, -0.2) is 0 Å². The Balaban J connectivity index is 1.53. The monoisotopic (exact) mass is 512 g/mol. The fourth-order valence-corrected chi connectivity index (χ4v) is 5.62. The number of rotatable bonds is 6. The number of hydrogen-bond acceptors (Lipinski definition) is 2. The highest BCUT2D eigenvalue weighted by atomic mass is 15.2. The van der Waals surface area contributed by atoms with Gasteiger partial charge in [0.25, 0.3) is 0 Å².